The van der Waals surface area contributed by atoms with Gasteiger partial charge in [0.1, 0.15) is 0 Å². The summed E-state index contributed by atoms with van der Waals surface area (Å²) >= 11 is 0. The fourth-order valence-electron chi connectivity index (χ4n) is 1.61. The second-order valence-electron chi connectivity index (χ2n) is 4.64. The topological polar surface area (TPSA) is 144 Å². The highest BCUT2D eigenvalue weighted by molar-refractivity contribution is 7.60. The largest absolute Gasteiger partial charge is 0.497 e. The van der Waals surface area contributed by atoms with Crippen LogP contribution in [0.15, 0.2) is 11.6 Å². The van der Waals surface area contributed by atoms with Gasteiger partial charge in [0.05, 0.1) is 6.61 Å². The quantitative estimate of drug-likeness (QED) is 0.205. The SMILES string of the molecule is CC(=CCNOP(=O)(O)OP(=O)(O)O)COC1CCCCO1. The molecule has 130 valence electrons. The van der Waals surface area contributed by atoms with Crippen molar-refractivity contribution in [2.75, 3.05) is 19.8 Å². The van der Waals surface area contributed by atoms with E-state index in [2.05, 4.69) is 14.4 Å². The van der Waals surface area contributed by atoms with Gasteiger partial charge in [-0.15, -0.1) is 0 Å². The third-order valence-electron chi connectivity index (χ3n) is 2.56. The molecule has 22 heavy (non-hydrogen) atoms. The molecule has 1 fully saturated rings. The first-order valence-corrected chi connectivity index (χ1v) is 9.60. The zero-order valence-corrected chi connectivity index (χ0v) is 13.9. The molecular formula is C10H21NO9P2. The molecule has 0 bridgehead atoms. The average molecular weight is 361 g/mol. The predicted molar refractivity (Wildman–Crippen MR) is 75.3 cm³/mol. The van der Waals surface area contributed by atoms with Crippen LogP contribution in [0.2, 0.25) is 0 Å². The van der Waals surface area contributed by atoms with Gasteiger partial charge in [-0.05, 0) is 26.2 Å². The summed E-state index contributed by atoms with van der Waals surface area (Å²) in [5.41, 5.74) is 2.90. The molecule has 0 amide bonds. The van der Waals surface area contributed by atoms with Crippen LogP contribution in [0.1, 0.15) is 26.2 Å². The van der Waals surface area contributed by atoms with Gasteiger partial charge >= 0.3 is 15.6 Å². The molecule has 12 heteroatoms. The van der Waals surface area contributed by atoms with Gasteiger partial charge in [0.25, 0.3) is 0 Å². The van der Waals surface area contributed by atoms with Crippen molar-refractivity contribution in [1.82, 2.24) is 5.48 Å². The molecule has 1 saturated heterocycles. The van der Waals surface area contributed by atoms with Gasteiger partial charge in [0.2, 0.25) is 0 Å². The van der Waals surface area contributed by atoms with Crippen LogP contribution >= 0.6 is 15.6 Å². The first-order valence-electron chi connectivity index (χ1n) is 6.58. The van der Waals surface area contributed by atoms with E-state index in [0.717, 1.165) is 24.8 Å². The normalized spacial score (nSPS) is 23.3. The van der Waals surface area contributed by atoms with Crippen LogP contribution in [-0.4, -0.2) is 40.7 Å². The summed E-state index contributed by atoms with van der Waals surface area (Å²) in [6, 6.07) is 0. The molecule has 0 aromatic heterocycles. The highest BCUT2D eigenvalue weighted by Crippen LogP contribution is 2.56. The van der Waals surface area contributed by atoms with Crippen molar-refractivity contribution in [2.24, 2.45) is 0 Å². The molecule has 2 unspecified atom stereocenters. The lowest BCUT2D eigenvalue weighted by atomic mass is 10.2. The number of phosphoric acid groups is 2. The Hall–Kier alpha value is -0.120. The average Bonchev–Trinajstić information content (AvgIpc) is 2.40. The second kappa shape index (κ2) is 9.24. The molecule has 1 aliphatic heterocycles. The minimum absolute atomic E-state index is 0.0236. The number of hydrogen-bond acceptors (Lipinski definition) is 7. The van der Waals surface area contributed by atoms with Crippen molar-refractivity contribution in [3.05, 3.63) is 11.6 Å². The summed E-state index contributed by atoms with van der Waals surface area (Å²) in [6.07, 6.45) is 4.36. The summed E-state index contributed by atoms with van der Waals surface area (Å²) in [7, 11) is -9.97. The second-order valence-corrected chi connectivity index (χ2v) is 7.39. The van der Waals surface area contributed by atoms with Crippen molar-refractivity contribution in [3.63, 3.8) is 0 Å². The van der Waals surface area contributed by atoms with Crippen molar-refractivity contribution >= 4 is 15.6 Å². The van der Waals surface area contributed by atoms with Crippen molar-refractivity contribution in [2.45, 2.75) is 32.5 Å². The zero-order chi connectivity index (χ0) is 16.6. The molecule has 0 aromatic rings. The number of nitrogens with one attached hydrogen (secondary N) is 1. The minimum Gasteiger partial charge on any atom is -0.353 e. The Bertz CT molecular complexity index is 457. The number of rotatable bonds is 9. The van der Waals surface area contributed by atoms with Crippen molar-refractivity contribution in [3.8, 4) is 0 Å². The highest BCUT2D eigenvalue weighted by atomic mass is 31.3. The van der Waals surface area contributed by atoms with Gasteiger partial charge < -0.3 is 24.2 Å². The van der Waals surface area contributed by atoms with E-state index in [4.69, 9.17) is 24.2 Å². The lowest BCUT2D eigenvalue weighted by Crippen LogP contribution is -2.23. The van der Waals surface area contributed by atoms with Gasteiger partial charge in [-0.1, -0.05) is 11.6 Å². The van der Waals surface area contributed by atoms with E-state index in [0.29, 0.717) is 13.2 Å². The summed E-state index contributed by atoms with van der Waals surface area (Å²) in [5.74, 6) is 0. The third kappa shape index (κ3) is 9.81. The Kier molecular flexibility index (Phi) is 8.37. The maximum absolute atomic E-state index is 11.1. The predicted octanol–water partition coefficient (Wildman–Crippen LogP) is 1.21. The Morgan fingerprint density at radius 2 is 2.09 bits per heavy atom. The molecule has 0 spiro atoms. The Morgan fingerprint density at radius 3 is 2.68 bits per heavy atom. The summed E-state index contributed by atoms with van der Waals surface area (Å²) in [4.78, 5) is 25.8. The molecule has 0 radical (unpaired) electrons. The van der Waals surface area contributed by atoms with Crippen LogP contribution in [0, 0.1) is 0 Å². The maximum Gasteiger partial charge on any atom is 0.497 e. The van der Waals surface area contributed by atoms with Crippen LogP contribution in [0.5, 0.6) is 0 Å². The monoisotopic (exact) mass is 361 g/mol. The zero-order valence-electron chi connectivity index (χ0n) is 12.1. The van der Waals surface area contributed by atoms with Gasteiger partial charge in [-0.3, -0.25) is 0 Å². The molecule has 2 atom stereocenters. The summed E-state index contributed by atoms with van der Waals surface area (Å²) in [5, 5.41) is 0. The highest BCUT2D eigenvalue weighted by Gasteiger charge is 2.32. The maximum atomic E-state index is 11.1. The molecule has 1 heterocycles. The molecule has 1 aliphatic rings. The first kappa shape index (κ1) is 19.9. The van der Waals surface area contributed by atoms with E-state index in [1.54, 1.807) is 13.0 Å². The van der Waals surface area contributed by atoms with E-state index >= 15 is 0 Å². The van der Waals surface area contributed by atoms with Gasteiger partial charge in [0, 0.05) is 13.2 Å². The van der Waals surface area contributed by atoms with Crippen LogP contribution < -0.4 is 5.48 Å². The van der Waals surface area contributed by atoms with Gasteiger partial charge in [-0.25, -0.2) is 9.13 Å². The lowest BCUT2D eigenvalue weighted by molar-refractivity contribution is -0.156. The van der Waals surface area contributed by atoms with E-state index in [1.807, 2.05) is 0 Å². The minimum atomic E-state index is -5.11. The molecule has 0 aromatic carbocycles. The molecule has 1 rings (SSSR count). The Morgan fingerprint density at radius 1 is 1.36 bits per heavy atom. The van der Waals surface area contributed by atoms with Gasteiger partial charge in [0.15, 0.2) is 6.29 Å². The summed E-state index contributed by atoms with van der Waals surface area (Å²) < 4.78 is 40.2. The molecular weight excluding hydrogens is 340 g/mol. The Balaban J connectivity index is 2.21. The Labute approximate surface area is 128 Å². The fraction of sp³-hybridized carbons (Fsp3) is 0.800. The standard InChI is InChI=1S/C10H21NO9P2/c1-9(8-18-10-4-2-3-7-17-10)5-6-11-19-22(15,16)20-21(12,13)14/h5,10-11H,2-4,6-8H2,1H3,(H,15,16)(H2,12,13,14). The molecule has 4 N–H and O–H groups in total. The number of hydrogen-bond donors (Lipinski definition) is 4. The van der Waals surface area contributed by atoms with Crippen LogP contribution in [0.4, 0.5) is 0 Å². The first-order chi connectivity index (χ1) is 10.2. The smallest absolute Gasteiger partial charge is 0.353 e. The van der Waals surface area contributed by atoms with Gasteiger partial charge in [-0.2, -0.15) is 14.4 Å². The van der Waals surface area contributed by atoms with E-state index in [9.17, 15) is 9.13 Å². The van der Waals surface area contributed by atoms with Crippen LogP contribution in [0.3, 0.4) is 0 Å². The molecule has 10 nitrogen and oxygen atoms in total. The van der Waals surface area contributed by atoms with Crippen LogP contribution in [0.25, 0.3) is 0 Å². The molecule has 0 aliphatic carbocycles. The fourth-order valence-corrected chi connectivity index (χ4v) is 3.06. The summed E-state index contributed by atoms with van der Waals surface area (Å²) in [6.45, 7) is 2.83. The third-order valence-corrected chi connectivity index (χ3v) is 4.59. The van der Waals surface area contributed by atoms with E-state index in [1.165, 1.54) is 0 Å². The van der Waals surface area contributed by atoms with Crippen LogP contribution in [-0.2, 0) is 27.5 Å². The lowest BCUT2D eigenvalue weighted by Gasteiger charge is -2.22. The number of hydroxylamine groups is 1. The number of ether oxygens (including phenoxy) is 2. The van der Waals surface area contributed by atoms with E-state index in [-0.39, 0.29) is 12.8 Å². The van der Waals surface area contributed by atoms with Crippen molar-refractivity contribution < 1.29 is 42.2 Å². The molecule has 0 saturated carbocycles. The van der Waals surface area contributed by atoms with Crippen molar-refractivity contribution in [1.29, 1.82) is 0 Å². The van der Waals surface area contributed by atoms with E-state index < -0.39 is 15.6 Å².